The minimum Gasteiger partial charge on any atom is -0.330 e. The van der Waals surface area contributed by atoms with E-state index < -0.39 is 0 Å². The van der Waals surface area contributed by atoms with E-state index in [-0.39, 0.29) is 17.2 Å². The van der Waals surface area contributed by atoms with Crippen LogP contribution in [0.4, 0.5) is 5.69 Å². The molecule has 0 saturated heterocycles. The molecule has 0 aromatic carbocycles. The van der Waals surface area contributed by atoms with Gasteiger partial charge in [0.15, 0.2) is 0 Å². The van der Waals surface area contributed by atoms with Crippen LogP contribution in [0.3, 0.4) is 0 Å². The van der Waals surface area contributed by atoms with Crippen LogP contribution in [0.25, 0.3) is 0 Å². The Hall–Kier alpha value is -0.940. The van der Waals surface area contributed by atoms with Crippen molar-refractivity contribution in [2.24, 2.45) is 17.1 Å². The van der Waals surface area contributed by atoms with Crippen LogP contribution in [-0.4, -0.2) is 17.4 Å². The van der Waals surface area contributed by atoms with E-state index in [1.54, 1.807) is 18.3 Å². The average Bonchev–Trinajstić information content (AvgIpc) is 2.27. The Balaban J connectivity index is 2.72. The van der Waals surface area contributed by atoms with Gasteiger partial charge in [0.2, 0.25) is 5.91 Å². The van der Waals surface area contributed by atoms with E-state index in [4.69, 9.17) is 5.73 Å². The molecule has 0 aliphatic heterocycles. The van der Waals surface area contributed by atoms with Gasteiger partial charge in [-0.2, -0.15) is 0 Å². The summed E-state index contributed by atoms with van der Waals surface area (Å²) in [5, 5.41) is 2.86. The van der Waals surface area contributed by atoms with Gasteiger partial charge in [-0.25, -0.2) is 4.98 Å². The van der Waals surface area contributed by atoms with Crippen LogP contribution < -0.4 is 11.1 Å². The summed E-state index contributed by atoms with van der Waals surface area (Å²) in [5.41, 5.74) is 6.44. The van der Waals surface area contributed by atoms with Crippen LogP contribution in [0.15, 0.2) is 22.9 Å². The molecule has 1 amide bonds. The van der Waals surface area contributed by atoms with Crippen molar-refractivity contribution in [3.8, 4) is 0 Å². The Morgan fingerprint density at radius 2 is 2.22 bits per heavy atom. The number of rotatable bonds is 4. The molecular formula is C13H20BrN3O. The standard InChI is InChI=1S/C13H20BrN3O/c1-13(2,3)7-9(8-15)12(18)17-10-5-4-6-16-11(10)14/h4-6,9H,7-8,15H2,1-3H3,(H,17,18). The third-order valence-electron chi connectivity index (χ3n) is 2.53. The monoisotopic (exact) mass is 313 g/mol. The van der Waals surface area contributed by atoms with Crippen LogP contribution in [0, 0.1) is 11.3 Å². The first-order valence-electron chi connectivity index (χ1n) is 5.95. The van der Waals surface area contributed by atoms with Crippen LogP contribution in [-0.2, 0) is 4.79 Å². The van der Waals surface area contributed by atoms with Gasteiger partial charge in [-0.05, 0) is 39.9 Å². The van der Waals surface area contributed by atoms with Crippen molar-refractivity contribution < 1.29 is 4.79 Å². The van der Waals surface area contributed by atoms with Gasteiger partial charge in [0, 0.05) is 12.7 Å². The number of nitrogens with two attached hydrogens (primary N) is 1. The van der Waals surface area contributed by atoms with Crippen molar-refractivity contribution in [2.45, 2.75) is 27.2 Å². The molecule has 0 spiro atoms. The molecule has 0 fully saturated rings. The Morgan fingerprint density at radius 1 is 1.56 bits per heavy atom. The summed E-state index contributed by atoms with van der Waals surface area (Å²) in [6, 6.07) is 3.58. The Kier molecular flexibility index (Phi) is 5.28. The molecule has 5 heteroatoms. The SMILES string of the molecule is CC(C)(C)CC(CN)C(=O)Nc1cccnc1Br. The number of amides is 1. The van der Waals surface area contributed by atoms with Crippen molar-refractivity contribution in [3.63, 3.8) is 0 Å². The van der Waals surface area contributed by atoms with Gasteiger partial charge >= 0.3 is 0 Å². The molecule has 0 saturated carbocycles. The second-order valence-electron chi connectivity index (χ2n) is 5.53. The zero-order chi connectivity index (χ0) is 13.8. The summed E-state index contributed by atoms with van der Waals surface area (Å²) < 4.78 is 0.630. The molecule has 1 unspecified atom stereocenters. The molecule has 4 nitrogen and oxygen atoms in total. The van der Waals surface area contributed by atoms with Gasteiger partial charge in [0.25, 0.3) is 0 Å². The highest BCUT2D eigenvalue weighted by Gasteiger charge is 2.24. The highest BCUT2D eigenvalue weighted by atomic mass is 79.9. The van der Waals surface area contributed by atoms with Crippen molar-refractivity contribution >= 4 is 27.5 Å². The minimum atomic E-state index is -0.183. The van der Waals surface area contributed by atoms with E-state index in [2.05, 4.69) is 47.0 Å². The van der Waals surface area contributed by atoms with Crippen LogP contribution in [0.2, 0.25) is 0 Å². The van der Waals surface area contributed by atoms with Gasteiger partial charge in [-0.1, -0.05) is 20.8 Å². The quantitative estimate of drug-likeness (QED) is 0.840. The number of nitrogens with one attached hydrogen (secondary N) is 1. The molecule has 1 rings (SSSR count). The first-order chi connectivity index (χ1) is 8.33. The smallest absolute Gasteiger partial charge is 0.228 e. The normalized spacial score (nSPS) is 13.2. The van der Waals surface area contributed by atoms with E-state index in [0.717, 1.165) is 6.42 Å². The minimum absolute atomic E-state index is 0.0545. The van der Waals surface area contributed by atoms with Gasteiger partial charge in [0.1, 0.15) is 4.60 Å². The van der Waals surface area contributed by atoms with Gasteiger partial charge in [-0.3, -0.25) is 4.79 Å². The third kappa shape index (κ3) is 4.74. The zero-order valence-electron chi connectivity index (χ0n) is 11.0. The Labute approximate surface area is 116 Å². The Morgan fingerprint density at radius 3 is 2.72 bits per heavy atom. The molecule has 1 aromatic rings. The Bertz CT molecular complexity index is 415. The molecule has 1 aromatic heterocycles. The fraction of sp³-hybridized carbons (Fsp3) is 0.538. The summed E-state index contributed by atoms with van der Waals surface area (Å²) in [6.45, 7) is 6.65. The van der Waals surface area contributed by atoms with Crippen molar-refractivity contribution in [3.05, 3.63) is 22.9 Å². The molecule has 100 valence electrons. The number of anilines is 1. The van der Waals surface area contributed by atoms with Crippen molar-refractivity contribution in [1.82, 2.24) is 4.98 Å². The maximum Gasteiger partial charge on any atom is 0.228 e. The van der Waals surface area contributed by atoms with Gasteiger partial charge in [0.05, 0.1) is 11.6 Å². The predicted octanol–water partition coefficient (Wildman–Crippen LogP) is 2.79. The third-order valence-corrected chi connectivity index (χ3v) is 3.16. The summed E-state index contributed by atoms with van der Waals surface area (Å²) >= 11 is 3.30. The highest BCUT2D eigenvalue weighted by Crippen LogP contribution is 2.26. The summed E-state index contributed by atoms with van der Waals surface area (Å²) in [7, 11) is 0. The highest BCUT2D eigenvalue weighted by molar-refractivity contribution is 9.10. The molecule has 0 radical (unpaired) electrons. The van der Waals surface area contributed by atoms with Gasteiger partial charge < -0.3 is 11.1 Å². The van der Waals surface area contributed by atoms with Crippen molar-refractivity contribution in [1.29, 1.82) is 0 Å². The number of hydrogen-bond acceptors (Lipinski definition) is 3. The summed E-state index contributed by atoms with van der Waals surface area (Å²) in [6.07, 6.45) is 2.42. The van der Waals surface area contributed by atoms with Crippen LogP contribution >= 0.6 is 15.9 Å². The number of aromatic nitrogens is 1. The molecule has 3 N–H and O–H groups in total. The molecule has 0 aliphatic carbocycles. The molecule has 1 atom stereocenters. The fourth-order valence-corrected chi connectivity index (χ4v) is 2.09. The topological polar surface area (TPSA) is 68.0 Å². The molecule has 18 heavy (non-hydrogen) atoms. The number of carbonyl (C=O) groups is 1. The molecule has 0 aliphatic rings. The maximum absolute atomic E-state index is 12.1. The molecular weight excluding hydrogens is 294 g/mol. The number of pyridine rings is 1. The molecule has 0 bridgehead atoms. The maximum atomic E-state index is 12.1. The average molecular weight is 314 g/mol. The van der Waals surface area contributed by atoms with E-state index in [9.17, 15) is 4.79 Å². The number of halogens is 1. The zero-order valence-corrected chi connectivity index (χ0v) is 12.6. The largest absolute Gasteiger partial charge is 0.330 e. The summed E-state index contributed by atoms with van der Waals surface area (Å²) in [5.74, 6) is -0.238. The number of hydrogen-bond donors (Lipinski definition) is 2. The van der Waals surface area contributed by atoms with Gasteiger partial charge in [-0.15, -0.1) is 0 Å². The predicted molar refractivity (Wildman–Crippen MR) is 77.2 cm³/mol. The van der Waals surface area contributed by atoms with Crippen LogP contribution in [0.1, 0.15) is 27.2 Å². The van der Waals surface area contributed by atoms with E-state index >= 15 is 0 Å². The lowest BCUT2D eigenvalue weighted by atomic mass is 9.84. The lowest BCUT2D eigenvalue weighted by molar-refractivity contribution is -0.120. The second-order valence-corrected chi connectivity index (χ2v) is 6.28. The van der Waals surface area contributed by atoms with E-state index in [1.807, 2.05) is 0 Å². The first-order valence-corrected chi connectivity index (χ1v) is 6.74. The fourth-order valence-electron chi connectivity index (χ4n) is 1.74. The molecule has 1 heterocycles. The second kappa shape index (κ2) is 6.29. The number of carbonyl (C=O) groups excluding carboxylic acids is 1. The number of nitrogens with zero attached hydrogens (tertiary/aromatic N) is 1. The lowest BCUT2D eigenvalue weighted by Crippen LogP contribution is -2.32. The van der Waals surface area contributed by atoms with Crippen LogP contribution in [0.5, 0.6) is 0 Å². The van der Waals surface area contributed by atoms with Crippen molar-refractivity contribution in [2.75, 3.05) is 11.9 Å². The lowest BCUT2D eigenvalue weighted by Gasteiger charge is -2.24. The van der Waals surface area contributed by atoms with E-state index in [1.165, 1.54) is 0 Å². The summed E-state index contributed by atoms with van der Waals surface area (Å²) in [4.78, 5) is 16.2. The first kappa shape index (κ1) is 15.1. The van der Waals surface area contributed by atoms with E-state index in [0.29, 0.717) is 16.8 Å².